The molecule has 2 aromatic carbocycles. The molecule has 0 N–H and O–H groups in total. The first-order chi connectivity index (χ1) is 12.1. The van der Waals surface area contributed by atoms with Gasteiger partial charge in [-0.15, -0.1) is 10.2 Å². The minimum absolute atomic E-state index is 0.108. The second-order valence-corrected chi connectivity index (χ2v) is 8.11. The van der Waals surface area contributed by atoms with Gasteiger partial charge < -0.3 is 0 Å². The second kappa shape index (κ2) is 6.61. The van der Waals surface area contributed by atoms with Crippen LogP contribution in [-0.2, 0) is 0 Å². The molecule has 0 saturated carbocycles. The van der Waals surface area contributed by atoms with Crippen molar-refractivity contribution in [3.63, 3.8) is 0 Å². The lowest BCUT2D eigenvalue weighted by Gasteiger charge is -2.06. The Morgan fingerprint density at radius 3 is 2.64 bits per heavy atom. The summed E-state index contributed by atoms with van der Waals surface area (Å²) in [7, 11) is 0. The fraction of sp³-hybridized carbons (Fsp3) is 0.211. The highest BCUT2D eigenvalue weighted by atomic mass is 32.2. The van der Waals surface area contributed by atoms with Gasteiger partial charge in [-0.1, -0.05) is 73.3 Å². The number of Topliss-reactive ketones (excluding diaryl/α,β-unsaturated/α-hetero) is 1. The number of benzene rings is 2. The zero-order valence-corrected chi connectivity index (χ0v) is 15.6. The summed E-state index contributed by atoms with van der Waals surface area (Å²) in [6.45, 7) is 4.29. The van der Waals surface area contributed by atoms with Crippen LogP contribution in [0, 0.1) is 0 Å². The predicted molar refractivity (Wildman–Crippen MR) is 104 cm³/mol. The molecule has 4 nitrogen and oxygen atoms in total. The van der Waals surface area contributed by atoms with Gasteiger partial charge in [-0.25, -0.2) is 0 Å². The van der Waals surface area contributed by atoms with E-state index in [2.05, 4.69) is 36.2 Å². The molecule has 0 bridgehead atoms. The van der Waals surface area contributed by atoms with Crippen molar-refractivity contribution >= 4 is 44.1 Å². The van der Waals surface area contributed by atoms with Crippen molar-refractivity contribution in [2.24, 2.45) is 0 Å². The van der Waals surface area contributed by atoms with E-state index in [0.29, 0.717) is 11.7 Å². The van der Waals surface area contributed by atoms with Crippen molar-refractivity contribution < 1.29 is 4.79 Å². The number of fused-ring (bicyclic) bond motifs is 3. The molecule has 4 rings (SSSR count). The van der Waals surface area contributed by atoms with Crippen molar-refractivity contribution in [2.45, 2.75) is 24.9 Å². The van der Waals surface area contributed by atoms with E-state index in [-0.39, 0.29) is 5.78 Å². The van der Waals surface area contributed by atoms with Crippen molar-refractivity contribution in [2.75, 3.05) is 5.75 Å². The van der Waals surface area contributed by atoms with Gasteiger partial charge in [0.1, 0.15) is 0 Å². The highest BCUT2D eigenvalue weighted by molar-refractivity contribution is 7.99. The summed E-state index contributed by atoms with van der Waals surface area (Å²) in [5.41, 5.74) is 3.07. The molecule has 0 atom stereocenters. The minimum Gasteiger partial charge on any atom is -0.293 e. The topological polar surface area (TPSA) is 47.3 Å². The highest BCUT2D eigenvalue weighted by Crippen LogP contribution is 2.29. The Balaban J connectivity index is 1.54. The number of ketones is 1. The summed E-state index contributed by atoms with van der Waals surface area (Å²) >= 11 is 3.04. The number of aromatic nitrogens is 3. The summed E-state index contributed by atoms with van der Waals surface area (Å²) in [6.07, 6.45) is 0. The lowest BCUT2D eigenvalue weighted by molar-refractivity contribution is 0.102. The number of hydrogen-bond donors (Lipinski definition) is 0. The van der Waals surface area contributed by atoms with Crippen LogP contribution in [0.5, 0.6) is 0 Å². The van der Waals surface area contributed by atoms with E-state index >= 15 is 0 Å². The molecule has 0 radical (unpaired) electrons. The van der Waals surface area contributed by atoms with E-state index in [1.807, 2.05) is 40.8 Å². The monoisotopic (exact) mass is 367 g/mol. The zero-order valence-electron chi connectivity index (χ0n) is 14.0. The summed E-state index contributed by atoms with van der Waals surface area (Å²) in [4.78, 5) is 13.3. The average molecular weight is 367 g/mol. The fourth-order valence-corrected chi connectivity index (χ4v) is 4.58. The number of carbonyl (C=O) groups is 1. The van der Waals surface area contributed by atoms with E-state index < -0.39 is 0 Å². The molecule has 2 aromatic heterocycles. The van der Waals surface area contributed by atoms with Crippen molar-refractivity contribution in [3.8, 4) is 0 Å². The summed E-state index contributed by atoms with van der Waals surface area (Å²) in [5.74, 6) is 0.928. The Morgan fingerprint density at radius 1 is 1.12 bits per heavy atom. The molecule has 2 heterocycles. The highest BCUT2D eigenvalue weighted by Gasteiger charge is 2.14. The normalized spacial score (nSPS) is 11.6. The lowest BCUT2D eigenvalue weighted by Crippen LogP contribution is -2.03. The van der Waals surface area contributed by atoms with Crippen LogP contribution in [0.3, 0.4) is 0 Å². The average Bonchev–Trinajstić information content (AvgIpc) is 3.19. The first kappa shape index (κ1) is 16.3. The third-order valence-corrected chi connectivity index (χ3v) is 6.08. The maximum absolute atomic E-state index is 12.5. The summed E-state index contributed by atoms with van der Waals surface area (Å²) in [5, 5.41) is 9.24. The quantitative estimate of drug-likeness (QED) is 0.366. The molecule has 25 heavy (non-hydrogen) atoms. The van der Waals surface area contributed by atoms with Gasteiger partial charge in [-0.3, -0.25) is 9.20 Å². The lowest BCUT2D eigenvalue weighted by atomic mass is 10.0. The number of para-hydroxylation sites is 1. The maximum Gasteiger partial charge on any atom is 0.217 e. The molecule has 126 valence electrons. The van der Waals surface area contributed by atoms with Crippen LogP contribution < -0.4 is 0 Å². The number of rotatable bonds is 5. The number of carbonyl (C=O) groups excluding carboxylic acids is 1. The number of thiazole rings is 1. The van der Waals surface area contributed by atoms with Crippen LogP contribution in [0.15, 0.2) is 53.7 Å². The van der Waals surface area contributed by atoms with Gasteiger partial charge in [0.05, 0.1) is 16.0 Å². The Kier molecular flexibility index (Phi) is 4.31. The standard InChI is InChI=1S/C19H17N3OS2/c1-12(2)13-7-9-14(10-8-13)16(23)11-24-18-20-21-19-22(18)15-5-3-4-6-17(15)25-19/h3-10,12H,11H2,1-2H3. The molecule has 0 amide bonds. The maximum atomic E-state index is 12.5. The van der Waals surface area contributed by atoms with Crippen LogP contribution in [0.25, 0.3) is 15.2 Å². The van der Waals surface area contributed by atoms with Crippen molar-refractivity contribution in [1.82, 2.24) is 14.6 Å². The van der Waals surface area contributed by atoms with E-state index in [1.165, 1.54) is 22.0 Å². The van der Waals surface area contributed by atoms with E-state index in [4.69, 9.17) is 0 Å². The van der Waals surface area contributed by atoms with E-state index in [1.54, 1.807) is 11.3 Å². The molecular formula is C19H17N3OS2. The van der Waals surface area contributed by atoms with Crippen LogP contribution in [-0.4, -0.2) is 26.1 Å². The van der Waals surface area contributed by atoms with E-state index in [0.717, 1.165) is 21.2 Å². The second-order valence-electron chi connectivity index (χ2n) is 6.16. The van der Waals surface area contributed by atoms with Crippen LogP contribution >= 0.6 is 23.1 Å². The number of thioether (sulfide) groups is 1. The Labute approximate surface area is 153 Å². The van der Waals surface area contributed by atoms with Gasteiger partial charge in [-0.2, -0.15) is 0 Å². The third kappa shape index (κ3) is 3.07. The fourth-order valence-electron chi connectivity index (χ4n) is 2.72. The van der Waals surface area contributed by atoms with Crippen LogP contribution in [0.2, 0.25) is 0 Å². The molecule has 0 saturated heterocycles. The Hall–Kier alpha value is -2.18. The molecule has 0 unspecified atom stereocenters. The van der Waals surface area contributed by atoms with Gasteiger partial charge in [-0.05, 0) is 23.6 Å². The zero-order chi connectivity index (χ0) is 17.4. The smallest absolute Gasteiger partial charge is 0.217 e. The largest absolute Gasteiger partial charge is 0.293 e. The molecule has 0 spiro atoms. The van der Waals surface area contributed by atoms with Crippen molar-refractivity contribution in [1.29, 1.82) is 0 Å². The van der Waals surface area contributed by atoms with Gasteiger partial charge in [0.2, 0.25) is 4.96 Å². The summed E-state index contributed by atoms with van der Waals surface area (Å²) in [6, 6.07) is 16.0. The number of nitrogens with zero attached hydrogens (tertiary/aromatic N) is 3. The summed E-state index contributed by atoms with van der Waals surface area (Å²) < 4.78 is 3.20. The first-order valence-corrected chi connectivity index (χ1v) is 9.92. The minimum atomic E-state index is 0.108. The molecular weight excluding hydrogens is 350 g/mol. The van der Waals surface area contributed by atoms with Crippen LogP contribution in [0.4, 0.5) is 0 Å². The van der Waals surface area contributed by atoms with Crippen LogP contribution in [0.1, 0.15) is 35.7 Å². The molecule has 4 aromatic rings. The van der Waals surface area contributed by atoms with Gasteiger partial charge in [0, 0.05) is 5.56 Å². The number of hydrogen-bond acceptors (Lipinski definition) is 5. The molecule has 0 aliphatic rings. The predicted octanol–water partition coefficient (Wildman–Crippen LogP) is 5.04. The van der Waals surface area contributed by atoms with Crippen molar-refractivity contribution in [3.05, 3.63) is 59.7 Å². The Morgan fingerprint density at radius 2 is 1.88 bits per heavy atom. The van der Waals surface area contributed by atoms with E-state index in [9.17, 15) is 4.79 Å². The van der Waals surface area contributed by atoms with Gasteiger partial charge in [0.15, 0.2) is 10.9 Å². The SMILES string of the molecule is CC(C)c1ccc(C(=O)CSc2nnc3sc4ccccc4n23)cc1. The Bertz CT molecular complexity index is 1050. The first-order valence-electron chi connectivity index (χ1n) is 8.12. The molecule has 6 heteroatoms. The molecule has 0 fully saturated rings. The van der Waals surface area contributed by atoms with Gasteiger partial charge >= 0.3 is 0 Å². The third-order valence-electron chi connectivity index (χ3n) is 4.14. The molecule has 0 aliphatic heterocycles. The molecule has 0 aliphatic carbocycles. The van der Waals surface area contributed by atoms with Gasteiger partial charge in [0.25, 0.3) is 0 Å².